The Labute approximate surface area is 200 Å². The summed E-state index contributed by atoms with van der Waals surface area (Å²) in [7, 11) is 0. The zero-order chi connectivity index (χ0) is 22.6. The number of carbonyl (C=O) groups is 1. The summed E-state index contributed by atoms with van der Waals surface area (Å²) in [5.74, 6) is 0.362. The Bertz CT molecular complexity index is 1310. The summed E-state index contributed by atoms with van der Waals surface area (Å²) < 4.78 is 7.23. The van der Waals surface area contributed by atoms with Gasteiger partial charge in [-0.15, -0.1) is 11.3 Å². The van der Waals surface area contributed by atoms with Gasteiger partial charge in [-0.3, -0.25) is 4.79 Å². The van der Waals surface area contributed by atoms with E-state index in [0.717, 1.165) is 27.0 Å². The molecule has 0 unspecified atom stereocenters. The number of nitrogens with one attached hydrogen (secondary N) is 1. The Morgan fingerprint density at radius 2 is 2.06 bits per heavy atom. The lowest BCUT2D eigenvalue weighted by Gasteiger charge is -2.24. The molecule has 0 atom stereocenters. The molecule has 6 nitrogen and oxygen atoms in total. The fourth-order valence-corrected chi connectivity index (χ4v) is 4.68. The fourth-order valence-electron chi connectivity index (χ4n) is 3.65. The molecule has 0 saturated carbocycles. The molecule has 0 fully saturated rings. The van der Waals surface area contributed by atoms with Crippen LogP contribution in [-0.4, -0.2) is 27.1 Å². The first-order valence-electron chi connectivity index (χ1n) is 10.5. The lowest BCUT2D eigenvalue weighted by Crippen LogP contribution is -2.21. The highest BCUT2D eigenvalue weighted by Gasteiger charge is 2.20. The van der Waals surface area contributed by atoms with Crippen LogP contribution in [0.1, 0.15) is 26.5 Å². The van der Waals surface area contributed by atoms with Crippen LogP contribution in [-0.2, 0) is 13.1 Å². The number of thiophene rings is 1. The molecule has 4 heterocycles. The molecular weight excluding hydrogens is 456 g/mol. The average molecular weight is 477 g/mol. The molecule has 1 aliphatic heterocycles. The Morgan fingerprint density at radius 1 is 1.18 bits per heavy atom. The van der Waals surface area contributed by atoms with Crippen LogP contribution in [0.5, 0.6) is 0 Å². The number of hydrogen-bond donors (Lipinski definition) is 1. The largest absolute Gasteiger partial charge is 0.472 e. The van der Waals surface area contributed by atoms with Crippen molar-refractivity contribution in [2.45, 2.75) is 13.1 Å². The highest BCUT2D eigenvalue weighted by molar-refractivity contribution is 7.16. The molecule has 1 aromatic carbocycles. The van der Waals surface area contributed by atoms with Crippen molar-refractivity contribution in [1.29, 1.82) is 0 Å². The van der Waals surface area contributed by atoms with Crippen molar-refractivity contribution in [3.05, 3.63) is 112 Å². The van der Waals surface area contributed by atoms with E-state index in [0.29, 0.717) is 24.5 Å². The van der Waals surface area contributed by atoms with E-state index in [9.17, 15) is 4.79 Å². The van der Waals surface area contributed by atoms with Crippen LogP contribution in [0.15, 0.2) is 89.9 Å². The van der Waals surface area contributed by atoms with Gasteiger partial charge in [0.2, 0.25) is 0 Å². The number of benzene rings is 1. The summed E-state index contributed by atoms with van der Waals surface area (Å²) in [6.07, 6.45) is 9.04. The number of hydrogen-bond acceptors (Lipinski definition) is 6. The number of carbonyl (C=O) groups excluding carboxylic acids is 1. The summed E-state index contributed by atoms with van der Waals surface area (Å²) >= 11 is 7.56. The normalized spacial score (nSPS) is 13.2. The summed E-state index contributed by atoms with van der Waals surface area (Å²) in [5, 5.41) is 8.00. The Kier molecular flexibility index (Phi) is 6.15. The number of nitrogens with zero attached hydrogens (tertiary/aromatic N) is 3. The van der Waals surface area contributed by atoms with Crippen LogP contribution >= 0.6 is 22.9 Å². The molecule has 0 amide bonds. The van der Waals surface area contributed by atoms with Crippen LogP contribution in [0.3, 0.4) is 0 Å². The third-order valence-electron chi connectivity index (χ3n) is 5.27. The minimum absolute atomic E-state index is 0.255. The molecule has 0 bridgehead atoms. The van der Waals surface area contributed by atoms with Crippen molar-refractivity contribution in [1.82, 2.24) is 14.7 Å². The Hall–Kier alpha value is -3.55. The average Bonchev–Trinajstić information content (AvgIpc) is 3.59. The van der Waals surface area contributed by atoms with Gasteiger partial charge in [-0.05, 0) is 41.6 Å². The van der Waals surface area contributed by atoms with Gasteiger partial charge in [-0.2, -0.15) is 9.78 Å². The van der Waals surface area contributed by atoms with Crippen LogP contribution in [0.2, 0.25) is 4.34 Å². The Balaban J connectivity index is 1.39. The van der Waals surface area contributed by atoms with E-state index in [4.69, 9.17) is 16.0 Å². The van der Waals surface area contributed by atoms with E-state index in [1.165, 1.54) is 34.1 Å². The first-order chi connectivity index (χ1) is 16.2. The molecule has 0 radical (unpaired) electrons. The molecule has 1 aliphatic rings. The molecule has 166 valence electrons. The smallest absolute Gasteiger partial charge is 0.283 e. The van der Waals surface area contributed by atoms with Gasteiger partial charge in [0.15, 0.2) is 0 Å². The molecule has 4 aromatic rings. The SMILES string of the molecule is O=C(c1ccoc1)n1nc(C2=CC=CN(Cc3ccccc3)C2)cc1NCc1ccc(Cl)s1. The molecule has 3 aromatic heterocycles. The van der Waals surface area contributed by atoms with E-state index in [1.807, 2.05) is 48.6 Å². The van der Waals surface area contributed by atoms with Crippen molar-refractivity contribution in [3.63, 3.8) is 0 Å². The standard InChI is InChI=1S/C25H21ClN4O2S/c26-23-9-8-21(33-23)14-27-24-13-22(28-30(24)25(31)20-10-12-32-17-20)19-7-4-11-29(16-19)15-18-5-2-1-3-6-18/h1-13,17,27H,14-16H2. The number of halogens is 1. The second-order valence-corrected chi connectivity index (χ2v) is 9.43. The van der Waals surface area contributed by atoms with E-state index < -0.39 is 0 Å². The summed E-state index contributed by atoms with van der Waals surface area (Å²) in [4.78, 5) is 16.4. The van der Waals surface area contributed by atoms with E-state index >= 15 is 0 Å². The van der Waals surface area contributed by atoms with Crippen LogP contribution in [0.4, 0.5) is 5.82 Å². The predicted molar refractivity (Wildman–Crippen MR) is 131 cm³/mol. The fraction of sp³-hybridized carbons (Fsp3) is 0.120. The van der Waals surface area contributed by atoms with E-state index in [2.05, 4.69) is 33.6 Å². The molecule has 0 aliphatic carbocycles. The van der Waals surface area contributed by atoms with E-state index in [1.54, 1.807) is 6.07 Å². The third kappa shape index (κ3) is 4.94. The van der Waals surface area contributed by atoms with Crippen molar-refractivity contribution < 1.29 is 9.21 Å². The lowest BCUT2D eigenvalue weighted by molar-refractivity contribution is 0.0947. The second kappa shape index (κ2) is 9.52. The van der Waals surface area contributed by atoms with Crippen molar-refractivity contribution >= 4 is 40.2 Å². The van der Waals surface area contributed by atoms with Crippen LogP contribution < -0.4 is 5.32 Å². The predicted octanol–water partition coefficient (Wildman–Crippen LogP) is 5.90. The minimum Gasteiger partial charge on any atom is -0.472 e. The zero-order valence-corrected chi connectivity index (χ0v) is 19.2. The van der Waals surface area contributed by atoms with E-state index in [-0.39, 0.29) is 5.91 Å². The summed E-state index contributed by atoms with van der Waals surface area (Å²) in [6, 6.07) is 17.7. The van der Waals surface area contributed by atoms with Gasteiger partial charge < -0.3 is 14.6 Å². The number of furan rings is 1. The molecule has 33 heavy (non-hydrogen) atoms. The summed E-state index contributed by atoms with van der Waals surface area (Å²) in [6.45, 7) is 2.04. The number of rotatable bonds is 7. The van der Waals surface area contributed by atoms with Gasteiger partial charge in [0.1, 0.15) is 12.1 Å². The highest BCUT2D eigenvalue weighted by atomic mass is 35.5. The molecule has 8 heteroatoms. The van der Waals surface area contributed by atoms with Crippen LogP contribution in [0.25, 0.3) is 5.57 Å². The maximum atomic E-state index is 13.1. The first kappa shape index (κ1) is 21.3. The molecule has 5 rings (SSSR count). The quantitative estimate of drug-likeness (QED) is 0.359. The van der Waals surface area contributed by atoms with Gasteiger partial charge in [0.05, 0.1) is 28.4 Å². The number of allylic oxidation sites excluding steroid dienone is 2. The first-order valence-corrected chi connectivity index (χ1v) is 11.7. The van der Waals surface area contributed by atoms with Gasteiger partial charge in [-0.25, -0.2) is 0 Å². The third-order valence-corrected chi connectivity index (χ3v) is 6.50. The second-order valence-electron chi connectivity index (χ2n) is 7.63. The molecule has 0 spiro atoms. The van der Waals surface area contributed by atoms with Gasteiger partial charge in [-0.1, -0.05) is 48.0 Å². The molecule has 0 saturated heterocycles. The van der Waals surface area contributed by atoms with Crippen molar-refractivity contribution in [3.8, 4) is 0 Å². The van der Waals surface area contributed by atoms with Gasteiger partial charge in [0, 0.05) is 24.0 Å². The zero-order valence-electron chi connectivity index (χ0n) is 17.6. The van der Waals surface area contributed by atoms with Gasteiger partial charge >= 0.3 is 0 Å². The number of aromatic nitrogens is 2. The maximum Gasteiger partial charge on any atom is 0.283 e. The van der Waals surface area contributed by atoms with Crippen LogP contribution in [0, 0.1) is 0 Å². The number of anilines is 1. The van der Waals surface area contributed by atoms with Crippen molar-refractivity contribution in [2.75, 3.05) is 11.9 Å². The molecular formula is C25H21ClN4O2S. The summed E-state index contributed by atoms with van der Waals surface area (Å²) in [5.41, 5.74) is 3.46. The van der Waals surface area contributed by atoms with Crippen molar-refractivity contribution in [2.24, 2.45) is 0 Å². The monoisotopic (exact) mass is 476 g/mol. The molecule has 1 N–H and O–H groups in total. The Morgan fingerprint density at radius 3 is 2.82 bits per heavy atom. The maximum absolute atomic E-state index is 13.1. The topological polar surface area (TPSA) is 63.3 Å². The minimum atomic E-state index is -0.255. The lowest BCUT2D eigenvalue weighted by atomic mass is 10.1. The van der Waals surface area contributed by atoms with Gasteiger partial charge in [0.25, 0.3) is 5.91 Å². The highest BCUT2D eigenvalue weighted by Crippen LogP contribution is 2.26.